The van der Waals surface area contributed by atoms with Crippen molar-refractivity contribution in [2.75, 3.05) is 0 Å². The minimum Gasteiger partial charge on any atom is -0.461 e. The average Bonchev–Trinajstić information content (AvgIpc) is 3.14. The lowest BCUT2D eigenvalue weighted by Gasteiger charge is -2.19. The molecule has 25 heavy (non-hydrogen) atoms. The molecule has 0 aliphatic carbocycles. The van der Waals surface area contributed by atoms with Gasteiger partial charge in [-0.3, -0.25) is 4.79 Å². The fourth-order valence-corrected chi connectivity index (χ4v) is 2.13. The SMILES string of the molecule is C#Cc1ccc(C(=O)N[C@H](Cc2cnc[nH]2)C(=O)OC(C)CC)cc1. The first kappa shape index (κ1) is 18.3. The first-order valence-corrected chi connectivity index (χ1v) is 8.08. The van der Waals surface area contributed by atoms with Crippen LogP contribution in [0.25, 0.3) is 0 Å². The third kappa shape index (κ3) is 5.21. The molecule has 0 saturated carbocycles. The van der Waals surface area contributed by atoms with Crippen molar-refractivity contribution in [3.8, 4) is 12.3 Å². The molecule has 2 atom stereocenters. The van der Waals surface area contributed by atoms with Gasteiger partial charge in [-0.1, -0.05) is 12.8 Å². The van der Waals surface area contributed by atoms with Crippen LogP contribution in [0.5, 0.6) is 0 Å². The van der Waals surface area contributed by atoms with E-state index >= 15 is 0 Å². The summed E-state index contributed by atoms with van der Waals surface area (Å²) in [5.74, 6) is 1.65. The van der Waals surface area contributed by atoms with Crippen molar-refractivity contribution >= 4 is 11.9 Å². The zero-order valence-corrected chi connectivity index (χ0v) is 14.3. The van der Waals surface area contributed by atoms with Gasteiger partial charge in [0.2, 0.25) is 0 Å². The molecule has 0 spiro atoms. The Hall–Kier alpha value is -3.07. The highest BCUT2D eigenvalue weighted by Gasteiger charge is 2.25. The van der Waals surface area contributed by atoms with Crippen LogP contribution in [-0.2, 0) is 16.0 Å². The first-order valence-electron chi connectivity index (χ1n) is 8.08. The Morgan fingerprint density at radius 3 is 2.64 bits per heavy atom. The maximum Gasteiger partial charge on any atom is 0.329 e. The smallest absolute Gasteiger partial charge is 0.329 e. The summed E-state index contributed by atoms with van der Waals surface area (Å²) in [7, 11) is 0. The molecular formula is C19H21N3O3. The molecule has 1 amide bonds. The summed E-state index contributed by atoms with van der Waals surface area (Å²) in [5, 5.41) is 2.73. The number of carbonyl (C=O) groups is 2. The maximum absolute atomic E-state index is 12.4. The van der Waals surface area contributed by atoms with Crippen molar-refractivity contribution in [2.45, 2.75) is 38.8 Å². The van der Waals surface area contributed by atoms with E-state index < -0.39 is 12.0 Å². The number of rotatable bonds is 7. The first-order chi connectivity index (χ1) is 12.0. The molecule has 0 aliphatic rings. The number of esters is 1. The van der Waals surface area contributed by atoms with E-state index in [-0.39, 0.29) is 18.4 Å². The van der Waals surface area contributed by atoms with Crippen molar-refractivity contribution in [1.82, 2.24) is 15.3 Å². The third-order valence-corrected chi connectivity index (χ3v) is 3.77. The van der Waals surface area contributed by atoms with Crippen molar-refractivity contribution in [1.29, 1.82) is 0 Å². The fraction of sp³-hybridized carbons (Fsp3) is 0.316. The number of hydrogen-bond acceptors (Lipinski definition) is 4. The summed E-state index contributed by atoms with van der Waals surface area (Å²) in [6.45, 7) is 3.74. The predicted octanol–water partition coefficient (Wildman–Crippen LogP) is 2.07. The van der Waals surface area contributed by atoms with Gasteiger partial charge in [-0.15, -0.1) is 6.42 Å². The van der Waals surface area contributed by atoms with E-state index in [1.807, 2.05) is 13.8 Å². The molecule has 0 radical (unpaired) electrons. The van der Waals surface area contributed by atoms with Gasteiger partial charge in [0, 0.05) is 29.4 Å². The van der Waals surface area contributed by atoms with Gasteiger partial charge in [0.1, 0.15) is 6.04 Å². The number of nitrogens with zero attached hydrogens (tertiary/aromatic N) is 1. The Morgan fingerprint density at radius 1 is 1.36 bits per heavy atom. The number of hydrogen-bond donors (Lipinski definition) is 2. The molecule has 6 nitrogen and oxygen atoms in total. The quantitative estimate of drug-likeness (QED) is 0.597. The summed E-state index contributed by atoms with van der Waals surface area (Å²) in [6, 6.07) is 5.79. The molecule has 2 N–H and O–H groups in total. The van der Waals surface area contributed by atoms with Gasteiger partial charge in [-0.05, 0) is 37.6 Å². The molecule has 0 fully saturated rings. The number of H-pyrrole nitrogens is 1. The van der Waals surface area contributed by atoms with E-state index in [2.05, 4.69) is 21.2 Å². The lowest BCUT2D eigenvalue weighted by molar-refractivity contribution is -0.150. The number of imidazole rings is 1. The number of aromatic nitrogens is 2. The molecule has 1 aromatic carbocycles. The Balaban J connectivity index is 2.11. The van der Waals surface area contributed by atoms with Crippen molar-refractivity contribution in [2.24, 2.45) is 0 Å². The monoisotopic (exact) mass is 339 g/mol. The highest BCUT2D eigenvalue weighted by molar-refractivity contribution is 5.96. The number of ether oxygens (including phenoxy) is 1. The Morgan fingerprint density at radius 2 is 2.08 bits per heavy atom. The van der Waals surface area contributed by atoms with Gasteiger partial charge in [-0.2, -0.15) is 0 Å². The number of amides is 1. The number of aromatic amines is 1. The van der Waals surface area contributed by atoms with E-state index in [9.17, 15) is 9.59 Å². The van der Waals surface area contributed by atoms with Crippen LogP contribution in [0, 0.1) is 12.3 Å². The van der Waals surface area contributed by atoms with Crippen molar-refractivity contribution in [3.63, 3.8) is 0 Å². The van der Waals surface area contributed by atoms with Crippen LogP contribution in [0.3, 0.4) is 0 Å². The van der Waals surface area contributed by atoms with Crippen molar-refractivity contribution < 1.29 is 14.3 Å². The van der Waals surface area contributed by atoms with Gasteiger partial charge in [0.05, 0.1) is 12.4 Å². The van der Waals surface area contributed by atoms with E-state index in [1.165, 1.54) is 6.33 Å². The van der Waals surface area contributed by atoms with Crippen LogP contribution < -0.4 is 5.32 Å². The van der Waals surface area contributed by atoms with E-state index in [4.69, 9.17) is 11.2 Å². The highest BCUT2D eigenvalue weighted by Crippen LogP contribution is 2.08. The highest BCUT2D eigenvalue weighted by atomic mass is 16.5. The Kier molecular flexibility index (Phi) is 6.35. The summed E-state index contributed by atoms with van der Waals surface area (Å²) in [4.78, 5) is 31.7. The normalized spacial score (nSPS) is 12.7. The fourth-order valence-electron chi connectivity index (χ4n) is 2.13. The lowest BCUT2D eigenvalue weighted by Crippen LogP contribution is -2.44. The van der Waals surface area contributed by atoms with Crippen LogP contribution in [0.15, 0.2) is 36.8 Å². The van der Waals surface area contributed by atoms with Gasteiger partial charge in [0.15, 0.2) is 0 Å². The van der Waals surface area contributed by atoms with Crippen molar-refractivity contribution in [3.05, 3.63) is 53.6 Å². The number of terminal acetylenes is 1. The lowest BCUT2D eigenvalue weighted by atomic mass is 10.1. The molecular weight excluding hydrogens is 318 g/mol. The molecule has 2 rings (SSSR count). The summed E-state index contributed by atoms with van der Waals surface area (Å²) in [5.41, 5.74) is 1.83. The summed E-state index contributed by atoms with van der Waals surface area (Å²) >= 11 is 0. The van der Waals surface area contributed by atoms with Crippen LogP contribution in [-0.4, -0.2) is 34.0 Å². The molecule has 0 saturated heterocycles. The van der Waals surface area contributed by atoms with Crippen LogP contribution in [0.4, 0.5) is 0 Å². The second kappa shape index (κ2) is 8.69. The molecule has 1 heterocycles. The van der Waals surface area contributed by atoms with Crippen LogP contribution in [0.1, 0.15) is 41.9 Å². The van der Waals surface area contributed by atoms with E-state index in [0.717, 1.165) is 5.69 Å². The van der Waals surface area contributed by atoms with E-state index in [1.54, 1.807) is 30.5 Å². The molecule has 2 aromatic rings. The second-order valence-corrected chi connectivity index (χ2v) is 5.68. The molecule has 0 aliphatic heterocycles. The third-order valence-electron chi connectivity index (χ3n) is 3.77. The zero-order chi connectivity index (χ0) is 18.2. The molecule has 130 valence electrons. The number of nitrogens with one attached hydrogen (secondary N) is 2. The summed E-state index contributed by atoms with van der Waals surface area (Å²) in [6.07, 6.45) is 9.19. The number of carbonyl (C=O) groups excluding carboxylic acids is 2. The van der Waals surface area contributed by atoms with Gasteiger partial charge in [-0.25, -0.2) is 9.78 Å². The topological polar surface area (TPSA) is 84.1 Å². The van der Waals surface area contributed by atoms with Crippen LogP contribution >= 0.6 is 0 Å². The maximum atomic E-state index is 12.4. The second-order valence-electron chi connectivity index (χ2n) is 5.68. The predicted molar refractivity (Wildman–Crippen MR) is 93.8 cm³/mol. The Labute approximate surface area is 147 Å². The van der Waals surface area contributed by atoms with Gasteiger partial charge in [0.25, 0.3) is 5.91 Å². The van der Waals surface area contributed by atoms with Crippen LogP contribution in [0.2, 0.25) is 0 Å². The van der Waals surface area contributed by atoms with E-state index in [0.29, 0.717) is 17.5 Å². The minimum atomic E-state index is -0.811. The largest absolute Gasteiger partial charge is 0.461 e. The number of benzene rings is 1. The molecule has 1 aromatic heterocycles. The standard InChI is InChI=1S/C19H21N3O3/c1-4-13(3)25-19(24)17(10-16-11-20-12-21-16)22-18(23)15-8-6-14(5-2)7-9-15/h2,6-9,11-13,17H,4,10H2,1,3H3,(H,20,21)(H,22,23)/t13?,17-/m1/s1. The van der Waals surface area contributed by atoms with Gasteiger partial charge >= 0.3 is 5.97 Å². The molecule has 0 bridgehead atoms. The molecule has 1 unspecified atom stereocenters. The Bertz CT molecular complexity index is 745. The molecule has 6 heteroatoms. The zero-order valence-electron chi connectivity index (χ0n) is 14.3. The van der Waals surface area contributed by atoms with Gasteiger partial charge < -0.3 is 15.0 Å². The summed E-state index contributed by atoms with van der Waals surface area (Å²) < 4.78 is 5.37. The minimum absolute atomic E-state index is 0.219. The average molecular weight is 339 g/mol.